The SMILES string of the molecule is O=C(O)c1cnoc1-c1csc(Br)c1. The highest BCUT2D eigenvalue weighted by Gasteiger charge is 2.17. The van der Waals surface area contributed by atoms with Gasteiger partial charge in [0.1, 0.15) is 5.56 Å². The van der Waals surface area contributed by atoms with Gasteiger partial charge in [-0.2, -0.15) is 0 Å². The number of nitrogens with zero attached hydrogens (tertiary/aromatic N) is 1. The Morgan fingerprint density at radius 2 is 2.43 bits per heavy atom. The van der Waals surface area contributed by atoms with Crippen molar-refractivity contribution in [3.8, 4) is 11.3 Å². The van der Waals surface area contributed by atoms with E-state index in [1.165, 1.54) is 17.5 Å². The van der Waals surface area contributed by atoms with Crippen LogP contribution in [0.15, 0.2) is 26.0 Å². The molecule has 2 heterocycles. The molecule has 0 bridgehead atoms. The first kappa shape index (κ1) is 9.42. The molecule has 0 aromatic carbocycles. The molecular formula is C8H4BrNO3S. The fourth-order valence-electron chi connectivity index (χ4n) is 1.03. The van der Waals surface area contributed by atoms with Crippen molar-refractivity contribution in [1.82, 2.24) is 5.16 Å². The van der Waals surface area contributed by atoms with Gasteiger partial charge < -0.3 is 9.63 Å². The van der Waals surface area contributed by atoms with Gasteiger partial charge in [0.05, 0.1) is 9.98 Å². The number of carboxylic acid groups (broad SMARTS) is 1. The summed E-state index contributed by atoms with van der Waals surface area (Å²) >= 11 is 4.75. The van der Waals surface area contributed by atoms with Gasteiger partial charge in [0.15, 0.2) is 5.76 Å². The minimum Gasteiger partial charge on any atom is -0.477 e. The zero-order valence-corrected chi connectivity index (χ0v) is 9.13. The Labute approximate surface area is 91.3 Å². The topological polar surface area (TPSA) is 63.3 Å². The standard InChI is InChI=1S/C8H4BrNO3S/c9-6-1-4(3-14-6)7-5(8(11)12)2-10-13-7/h1-3H,(H,11,12). The molecule has 0 unspecified atom stereocenters. The first-order valence-electron chi connectivity index (χ1n) is 3.61. The normalized spacial score (nSPS) is 10.4. The van der Waals surface area contributed by atoms with Crippen LogP contribution >= 0.6 is 27.3 Å². The van der Waals surface area contributed by atoms with Crippen LogP contribution in [0.5, 0.6) is 0 Å². The predicted octanol–water partition coefficient (Wildman–Crippen LogP) is 2.86. The second kappa shape index (κ2) is 3.55. The molecule has 0 aliphatic heterocycles. The van der Waals surface area contributed by atoms with E-state index in [1.54, 1.807) is 11.4 Å². The van der Waals surface area contributed by atoms with Crippen molar-refractivity contribution in [2.75, 3.05) is 0 Å². The van der Waals surface area contributed by atoms with Gasteiger partial charge in [-0.15, -0.1) is 11.3 Å². The fraction of sp³-hybridized carbons (Fsp3) is 0. The molecule has 0 aliphatic carbocycles. The van der Waals surface area contributed by atoms with E-state index in [0.717, 1.165) is 9.35 Å². The Bertz CT molecular complexity index is 476. The number of carboxylic acids is 1. The van der Waals surface area contributed by atoms with Gasteiger partial charge in [0.25, 0.3) is 0 Å². The summed E-state index contributed by atoms with van der Waals surface area (Å²) in [6.07, 6.45) is 1.20. The van der Waals surface area contributed by atoms with Crippen LogP contribution in [-0.2, 0) is 0 Å². The average molecular weight is 274 g/mol. The quantitative estimate of drug-likeness (QED) is 0.914. The van der Waals surface area contributed by atoms with Gasteiger partial charge >= 0.3 is 5.97 Å². The minimum atomic E-state index is -1.04. The summed E-state index contributed by atoms with van der Waals surface area (Å²) in [6.45, 7) is 0. The van der Waals surface area contributed by atoms with Gasteiger partial charge in [-0.1, -0.05) is 5.16 Å². The van der Waals surface area contributed by atoms with E-state index in [1.807, 2.05) is 0 Å². The second-order valence-corrected chi connectivity index (χ2v) is 4.80. The summed E-state index contributed by atoms with van der Waals surface area (Å²) < 4.78 is 5.80. The Morgan fingerprint density at radius 1 is 1.64 bits per heavy atom. The molecule has 2 aromatic heterocycles. The predicted molar refractivity (Wildman–Crippen MR) is 54.5 cm³/mol. The van der Waals surface area contributed by atoms with Crippen molar-refractivity contribution in [3.63, 3.8) is 0 Å². The summed E-state index contributed by atoms with van der Waals surface area (Å²) in [4.78, 5) is 10.8. The third-order valence-corrected chi connectivity index (χ3v) is 3.13. The van der Waals surface area contributed by atoms with Gasteiger partial charge in [-0.25, -0.2) is 4.79 Å². The molecule has 0 atom stereocenters. The maximum absolute atomic E-state index is 10.8. The number of halogens is 1. The summed E-state index contributed by atoms with van der Waals surface area (Å²) in [5.74, 6) is -0.747. The summed E-state index contributed by atoms with van der Waals surface area (Å²) in [5.41, 5.74) is 0.798. The van der Waals surface area contributed by atoms with E-state index in [-0.39, 0.29) is 5.56 Å². The number of carbonyl (C=O) groups is 1. The number of aromatic carboxylic acids is 1. The van der Waals surface area contributed by atoms with E-state index < -0.39 is 5.97 Å². The van der Waals surface area contributed by atoms with Gasteiger partial charge in [-0.05, 0) is 22.0 Å². The van der Waals surface area contributed by atoms with Gasteiger partial charge in [0.2, 0.25) is 0 Å². The molecule has 0 amide bonds. The highest BCUT2D eigenvalue weighted by molar-refractivity contribution is 9.11. The van der Waals surface area contributed by atoms with Crippen molar-refractivity contribution in [3.05, 3.63) is 27.0 Å². The van der Waals surface area contributed by atoms with Crippen LogP contribution in [0.3, 0.4) is 0 Å². The molecular weight excluding hydrogens is 270 g/mol. The Balaban J connectivity index is 2.51. The summed E-state index contributed by atoms with van der Waals surface area (Å²) in [5, 5.41) is 14.1. The van der Waals surface area contributed by atoms with Crippen molar-refractivity contribution in [2.45, 2.75) is 0 Å². The lowest BCUT2D eigenvalue weighted by Gasteiger charge is -1.91. The van der Waals surface area contributed by atoms with E-state index in [2.05, 4.69) is 21.1 Å². The molecule has 0 saturated carbocycles. The number of hydrogen-bond donors (Lipinski definition) is 1. The lowest BCUT2D eigenvalue weighted by molar-refractivity contribution is 0.0697. The Kier molecular flexibility index (Phi) is 2.39. The molecule has 2 rings (SSSR count). The smallest absolute Gasteiger partial charge is 0.341 e. The molecule has 6 heteroatoms. The molecule has 0 aliphatic rings. The lowest BCUT2D eigenvalue weighted by Crippen LogP contribution is -1.95. The Hall–Kier alpha value is -1.14. The molecule has 0 fully saturated rings. The number of hydrogen-bond acceptors (Lipinski definition) is 4. The third-order valence-electron chi connectivity index (χ3n) is 1.63. The minimum absolute atomic E-state index is 0.0790. The third kappa shape index (κ3) is 1.58. The number of rotatable bonds is 2. The average Bonchev–Trinajstić information content (AvgIpc) is 2.70. The van der Waals surface area contributed by atoms with Crippen molar-refractivity contribution >= 4 is 33.2 Å². The molecule has 0 radical (unpaired) electrons. The zero-order valence-electron chi connectivity index (χ0n) is 6.73. The first-order valence-corrected chi connectivity index (χ1v) is 5.28. The monoisotopic (exact) mass is 273 g/mol. The Morgan fingerprint density at radius 3 is 3.00 bits per heavy atom. The van der Waals surface area contributed by atoms with Crippen LogP contribution in [0.25, 0.3) is 11.3 Å². The number of aromatic nitrogens is 1. The molecule has 72 valence electrons. The van der Waals surface area contributed by atoms with Crippen LogP contribution in [0.2, 0.25) is 0 Å². The number of thiophene rings is 1. The van der Waals surface area contributed by atoms with Crippen LogP contribution in [-0.4, -0.2) is 16.2 Å². The van der Waals surface area contributed by atoms with Gasteiger partial charge in [0, 0.05) is 10.9 Å². The highest BCUT2D eigenvalue weighted by Crippen LogP contribution is 2.30. The van der Waals surface area contributed by atoms with Crippen molar-refractivity contribution in [1.29, 1.82) is 0 Å². The highest BCUT2D eigenvalue weighted by atomic mass is 79.9. The lowest BCUT2D eigenvalue weighted by atomic mass is 10.2. The van der Waals surface area contributed by atoms with E-state index in [4.69, 9.17) is 9.63 Å². The molecule has 14 heavy (non-hydrogen) atoms. The maximum atomic E-state index is 10.8. The largest absolute Gasteiger partial charge is 0.477 e. The van der Waals surface area contributed by atoms with E-state index >= 15 is 0 Å². The summed E-state index contributed by atoms with van der Waals surface area (Å²) in [7, 11) is 0. The maximum Gasteiger partial charge on any atom is 0.341 e. The molecule has 1 N–H and O–H groups in total. The second-order valence-electron chi connectivity index (χ2n) is 2.51. The fourth-order valence-corrected chi connectivity index (χ4v) is 2.17. The summed E-state index contributed by atoms with van der Waals surface area (Å²) in [6, 6.07) is 1.79. The van der Waals surface area contributed by atoms with Crippen LogP contribution < -0.4 is 0 Å². The van der Waals surface area contributed by atoms with Gasteiger partial charge in [-0.3, -0.25) is 0 Å². The van der Waals surface area contributed by atoms with E-state index in [9.17, 15) is 4.79 Å². The van der Waals surface area contributed by atoms with Crippen LogP contribution in [0.1, 0.15) is 10.4 Å². The molecule has 0 saturated heterocycles. The first-order chi connectivity index (χ1) is 6.68. The molecule has 4 nitrogen and oxygen atoms in total. The molecule has 2 aromatic rings. The van der Waals surface area contributed by atoms with Crippen LogP contribution in [0, 0.1) is 0 Å². The van der Waals surface area contributed by atoms with Crippen LogP contribution in [0.4, 0.5) is 0 Å². The zero-order chi connectivity index (χ0) is 10.1. The van der Waals surface area contributed by atoms with E-state index in [0.29, 0.717) is 5.76 Å². The molecule has 0 spiro atoms. The van der Waals surface area contributed by atoms with Crippen molar-refractivity contribution < 1.29 is 14.4 Å². The van der Waals surface area contributed by atoms with Crippen molar-refractivity contribution in [2.24, 2.45) is 0 Å².